The molecule has 0 aliphatic carbocycles. The molecule has 0 amide bonds. The van der Waals surface area contributed by atoms with Gasteiger partial charge in [0.1, 0.15) is 0 Å². The number of nitrogens with zero attached hydrogens (tertiary/aromatic N) is 1. The average molecular weight is 200 g/mol. The van der Waals surface area contributed by atoms with Gasteiger partial charge in [-0.25, -0.2) is 0 Å². The molecule has 1 atom stereocenters. The van der Waals surface area contributed by atoms with E-state index in [0.717, 1.165) is 6.54 Å². The fraction of sp³-hybridized carbons (Fsp3) is 1.00. The maximum Gasteiger partial charge on any atom is 0.0597 e. The van der Waals surface area contributed by atoms with Crippen LogP contribution in [0.2, 0.25) is 0 Å². The molecule has 3 heteroatoms. The molecule has 14 heavy (non-hydrogen) atoms. The summed E-state index contributed by atoms with van der Waals surface area (Å²) in [5.74, 6) is 0. The van der Waals surface area contributed by atoms with Crippen LogP contribution >= 0.6 is 0 Å². The predicted molar refractivity (Wildman–Crippen MR) is 59.4 cm³/mol. The van der Waals surface area contributed by atoms with Gasteiger partial charge in [-0.05, 0) is 25.9 Å². The van der Waals surface area contributed by atoms with Crippen molar-refractivity contribution in [2.75, 3.05) is 26.2 Å². The number of likely N-dealkylation sites (tertiary alicyclic amines) is 1. The van der Waals surface area contributed by atoms with Crippen molar-refractivity contribution >= 4 is 0 Å². The Hall–Kier alpha value is -0.120. The fourth-order valence-electron chi connectivity index (χ4n) is 2.09. The first-order valence-electron chi connectivity index (χ1n) is 5.81. The molecule has 1 fully saturated rings. The smallest absolute Gasteiger partial charge is 0.0597 e. The molecule has 0 bridgehead atoms. The van der Waals surface area contributed by atoms with E-state index >= 15 is 0 Å². The molecule has 0 saturated carbocycles. The normalized spacial score (nSPS) is 21.4. The minimum atomic E-state index is 0.244. The first-order valence-corrected chi connectivity index (χ1v) is 5.81. The van der Waals surface area contributed by atoms with Crippen LogP contribution < -0.4 is 5.32 Å². The molecule has 1 unspecified atom stereocenters. The lowest BCUT2D eigenvalue weighted by atomic mass is 10.1. The quantitative estimate of drug-likeness (QED) is 0.690. The van der Waals surface area contributed by atoms with Crippen LogP contribution in [0.5, 0.6) is 0 Å². The van der Waals surface area contributed by atoms with E-state index in [-0.39, 0.29) is 12.6 Å². The van der Waals surface area contributed by atoms with Crippen molar-refractivity contribution in [2.45, 2.75) is 45.2 Å². The number of hydrogen-bond donors (Lipinski definition) is 2. The van der Waals surface area contributed by atoms with Gasteiger partial charge in [0.15, 0.2) is 0 Å². The number of rotatable bonds is 5. The molecule has 0 radical (unpaired) electrons. The average Bonchev–Trinajstić information content (AvgIpc) is 2.17. The van der Waals surface area contributed by atoms with Crippen LogP contribution in [0, 0.1) is 0 Å². The van der Waals surface area contributed by atoms with Gasteiger partial charge >= 0.3 is 0 Å². The predicted octanol–water partition coefficient (Wildman–Crippen LogP) is 0.831. The molecule has 1 aliphatic rings. The van der Waals surface area contributed by atoms with Gasteiger partial charge in [-0.2, -0.15) is 0 Å². The van der Waals surface area contributed by atoms with Gasteiger partial charge in [0.05, 0.1) is 6.61 Å². The summed E-state index contributed by atoms with van der Waals surface area (Å²) in [4.78, 5) is 2.46. The number of piperidine rings is 1. The minimum absolute atomic E-state index is 0.244. The molecule has 0 aromatic carbocycles. The molecule has 1 saturated heterocycles. The summed E-state index contributed by atoms with van der Waals surface area (Å²) in [6.07, 6.45) is 4.01. The summed E-state index contributed by atoms with van der Waals surface area (Å²) in [6, 6.07) is 0.699. The van der Waals surface area contributed by atoms with E-state index in [1.807, 2.05) is 0 Å². The van der Waals surface area contributed by atoms with Crippen LogP contribution in [0.1, 0.15) is 33.1 Å². The zero-order valence-electron chi connectivity index (χ0n) is 9.50. The molecule has 84 valence electrons. The van der Waals surface area contributed by atoms with Crippen LogP contribution in [0.4, 0.5) is 0 Å². The third kappa shape index (κ3) is 4.40. The molecule has 0 aromatic rings. The highest BCUT2D eigenvalue weighted by molar-refractivity contribution is 4.75. The van der Waals surface area contributed by atoms with Crippen molar-refractivity contribution in [3.8, 4) is 0 Å². The number of aliphatic hydroxyl groups is 1. The largest absolute Gasteiger partial charge is 0.395 e. The monoisotopic (exact) mass is 200 g/mol. The highest BCUT2D eigenvalue weighted by Gasteiger charge is 2.15. The SMILES string of the molecule is CC(C)NC(CO)CN1CCCCC1. The summed E-state index contributed by atoms with van der Waals surface area (Å²) < 4.78 is 0. The summed E-state index contributed by atoms with van der Waals surface area (Å²) >= 11 is 0. The van der Waals surface area contributed by atoms with Gasteiger partial charge < -0.3 is 15.3 Å². The van der Waals surface area contributed by atoms with E-state index < -0.39 is 0 Å². The third-order valence-electron chi connectivity index (χ3n) is 2.72. The Balaban J connectivity index is 2.23. The molecule has 0 aromatic heterocycles. The van der Waals surface area contributed by atoms with Crippen molar-refractivity contribution in [3.05, 3.63) is 0 Å². The highest BCUT2D eigenvalue weighted by Crippen LogP contribution is 2.08. The fourth-order valence-corrected chi connectivity index (χ4v) is 2.09. The van der Waals surface area contributed by atoms with E-state index in [0.29, 0.717) is 6.04 Å². The van der Waals surface area contributed by atoms with Crippen LogP contribution in [-0.4, -0.2) is 48.3 Å². The Bertz CT molecular complexity index is 144. The minimum Gasteiger partial charge on any atom is -0.395 e. The zero-order valence-corrected chi connectivity index (χ0v) is 9.50. The molecule has 1 heterocycles. The molecule has 0 spiro atoms. The van der Waals surface area contributed by atoms with Crippen LogP contribution in [-0.2, 0) is 0 Å². The second-order valence-corrected chi connectivity index (χ2v) is 4.56. The summed E-state index contributed by atoms with van der Waals surface area (Å²) in [5, 5.41) is 12.6. The maximum atomic E-state index is 9.22. The Morgan fingerprint density at radius 3 is 2.36 bits per heavy atom. The first kappa shape index (κ1) is 12.0. The van der Waals surface area contributed by atoms with E-state index in [4.69, 9.17) is 0 Å². The van der Waals surface area contributed by atoms with Gasteiger partial charge in [-0.3, -0.25) is 0 Å². The highest BCUT2D eigenvalue weighted by atomic mass is 16.3. The van der Waals surface area contributed by atoms with Gasteiger partial charge in [-0.1, -0.05) is 20.3 Å². The molecule has 1 aliphatic heterocycles. The van der Waals surface area contributed by atoms with Crippen molar-refractivity contribution in [1.82, 2.24) is 10.2 Å². The lowest BCUT2D eigenvalue weighted by Crippen LogP contribution is -2.47. The molecular formula is C11H24N2O. The molecular weight excluding hydrogens is 176 g/mol. The van der Waals surface area contributed by atoms with Crippen molar-refractivity contribution in [1.29, 1.82) is 0 Å². The Kier molecular flexibility index (Phi) is 5.45. The number of aliphatic hydroxyl groups excluding tert-OH is 1. The van der Waals surface area contributed by atoms with E-state index in [9.17, 15) is 5.11 Å². The van der Waals surface area contributed by atoms with Crippen molar-refractivity contribution in [2.24, 2.45) is 0 Å². The standard InChI is InChI=1S/C11H24N2O/c1-10(2)12-11(9-14)8-13-6-4-3-5-7-13/h10-12,14H,3-9H2,1-2H3. The van der Waals surface area contributed by atoms with Gasteiger partial charge in [0.2, 0.25) is 0 Å². The van der Waals surface area contributed by atoms with Crippen LogP contribution in [0.25, 0.3) is 0 Å². The van der Waals surface area contributed by atoms with E-state index in [1.54, 1.807) is 0 Å². The summed E-state index contributed by atoms with van der Waals surface area (Å²) in [6.45, 7) is 7.90. The Morgan fingerprint density at radius 1 is 1.21 bits per heavy atom. The lowest BCUT2D eigenvalue weighted by Gasteiger charge is -2.30. The Labute approximate surface area is 87.5 Å². The zero-order chi connectivity index (χ0) is 10.4. The van der Waals surface area contributed by atoms with E-state index in [1.165, 1.54) is 32.4 Å². The number of nitrogens with one attached hydrogen (secondary N) is 1. The lowest BCUT2D eigenvalue weighted by molar-refractivity contribution is 0.159. The topological polar surface area (TPSA) is 35.5 Å². The van der Waals surface area contributed by atoms with Gasteiger partial charge in [0.25, 0.3) is 0 Å². The van der Waals surface area contributed by atoms with Crippen molar-refractivity contribution in [3.63, 3.8) is 0 Å². The maximum absolute atomic E-state index is 9.22. The molecule has 2 N–H and O–H groups in total. The van der Waals surface area contributed by atoms with Gasteiger partial charge in [-0.15, -0.1) is 0 Å². The second-order valence-electron chi connectivity index (χ2n) is 4.56. The van der Waals surface area contributed by atoms with E-state index in [2.05, 4.69) is 24.1 Å². The first-order chi connectivity index (χ1) is 6.72. The van der Waals surface area contributed by atoms with Crippen LogP contribution in [0.15, 0.2) is 0 Å². The van der Waals surface area contributed by atoms with Crippen LogP contribution in [0.3, 0.4) is 0 Å². The van der Waals surface area contributed by atoms with Gasteiger partial charge in [0, 0.05) is 18.6 Å². The third-order valence-corrected chi connectivity index (χ3v) is 2.72. The second kappa shape index (κ2) is 6.38. The molecule has 1 rings (SSSR count). The summed E-state index contributed by atoms with van der Waals surface area (Å²) in [5.41, 5.74) is 0. The Morgan fingerprint density at radius 2 is 1.86 bits per heavy atom. The van der Waals surface area contributed by atoms with Crippen molar-refractivity contribution < 1.29 is 5.11 Å². The summed E-state index contributed by atoms with van der Waals surface area (Å²) in [7, 11) is 0. The molecule has 3 nitrogen and oxygen atoms in total. The number of hydrogen-bond acceptors (Lipinski definition) is 3.